The topological polar surface area (TPSA) is 116 Å². The van der Waals surface area contributed by atoms with E-state index in [4.69, 9.17) is 21.3 Å². The van der Waals surface area contributed by atoms with Crippen molar-refractivity contribution in [2.45, 2.75) is 50.7 Å². The van der Waals surface area contributed by atoms with Gasteiger partial charge in [0, 0.05) is 29.5 Å². The molecule has 1 aromatic carbocycles. The highest BCUT2D eigenvalue weighted by Gasteiger charge is 2.25. The van der Waals surface area contributed by atoms with Gasteiger partial charge in [-0.1, -0.05) is 12.6 Å². The molecule has 1 unspecified atom stereocenters. The first kappa shape index (κ1) is 28.0. The average molecular weight is 600 g/mol. The van der Waals surface area contributed by atoms with Gasteiger partial charge in [-0.15, -0.1) is 16.3 Å². The van der Waals surface area contributed by atoms with Crippen LogP contribution in [-0.4, -0.2) is 45.8 Å². The molecule has 4 aromatic heterocycles. The van der Waals surface area contributed by atoms with Crippen LogP contribution in [0.2, 0.25) is 0 Å². The van der Waals surface area contributed by atoms with E-state index in [1.807, 2.05) is 42.7 Å². The summed E-state index contributed by atoms with van der Waals surface area (Å²) < 4.78 is 34.1. The van der Waals surface area contributed by atoms with Gasteiger partial charge in [-0.2, -0.15) is 0 Å². The molecule has 5 aromatic rings. The number of benzene rings is 1. The van der Waals surface area contributed by atoms with Crippen LogP contribution < -0.4 is 5.32 Å². The summed E-state index contributed by atoms with van der Waals surface area (Å²) in [6.45, 7) is 11.9. The molecule has 1 N–H and O–H groups in total. The molecule has 214 valence electrons. The number of aryl methyl sites for hydroxylation is 2. The zero-order chi connectivity index (χ0) is 29.4. The third kappa shape index (κ3) is 5.63. The van der Waals surface area contributed by atoms with Crippen LogP contribution in [0, 0.1) is 20.4 Å². The summed E-state index contributed by atoms with van der Waals surface area (Å²) >= 11 is 1.51. The first-order valence-electron chi connectivity index (χ1n) is 13.6. The lowest BCUT2D eigenvalue weighted by Gasteiger charge is -2.25. The number of hydrogen-bond acceptors (Lipinski definition) is 9. The predicted octanol–water partition coefficient (Wildman–Crippen LogP) is 6.55. The van der Waals surface area contributed by atoms with Crippen molar-refractivity contribution in [2.75, 3.05) is 18.2 Å². The van der Waals surface area contributed by atoms with Crippen molar-refractivity contribution in [2.24, 2.45) is 0 Å². The van der Waals surface area contributed by atoms with Crippen LogP contribution in [0.1, 0.15) is 47.6 Å². The number of ether oxygens (including phenoxy) is 1. The third-order valence-electron chi connectivity index (χ3n) is 7.11. The summed E-state index contributed by atoms with van der Waals surface area (Å²) in [5, 5.41) is 4.13. The monoisotopic (exact) mass is 599 g/mol. The molecule has 0 radical (unpaired) electrons. The molecule has 0 bridgehead atoms. The fourth-order valence-electron chi connectivity index (χ4n) is 5.19. The molecule has 1 atom stereocenters. The van der Waals surface area contributed by atoms with Gasteiger partial charge in [-0.3, -0.25) is 4.57 Å². The van der Waals surface area contributed by atoms with E-state index in [0.717, 1.165) is 40.5 Å². The van der Waals surface area contributed by atoms with Crippen LogP contribution in [-0.2, 0) is 21.0 Å². The standard InChI is InChI=1S/C30H29N7O3S2/c1-18-17-32-30(41-18)20-11-12-23(25(14-20)42(4,38)39)36-24-16-22(15-21-8-7-9-26(31-3)34-21)35-29-28(24)33-19(2)37(29)27-10-5-6-13-40-27/h7-9,11-12,14,16-17,27H,5-6,10,13,15H2,1-2,4H3,(H,35,36). The smallest absolute Gasteiger partial charge is 0.269 e. The Hall–Kier alpha value is -4.18. The summed E-state index contributed by atoms with van der Waals surface area (Å²) in [6.07, 6.45) is 6.09. The lowest BCUT2D eigenvalue weighted by atomic mass is 10.1. The molecule has 1 fully saturated rings. The second-order valence-electron chi connectivity index (χ2n) is 10.3. The summed E-state index contributed by atoms with van der Waals surface area (Å²) in [5.74, 6) is 1.08. The van der Waals surface area contributed by atoms with Crippen LogP contribution in [0.25, 0.3) is 26.6 Å². The van der Waals surface area contributed by atoms with Gasteiger partial charge in [0.2, 0.25) is 0 Å². The van der Waals surface area contributed by atoms with Gasteiger partial charge < -0.3 is 14.9 Å². The van der Waals surface area contributed by atoms with E-state index < -0.39 is 9.84 Å². The second-order valence-corrected chi connectivity index (χ2v) is 13.6. The van der Waals surface area contributed by atoms with E-state index in [1.54, 1.807) is 24.4 Å². The average Bonchev–Trinajstić information content (AvgIpc) is 3.55. The van der Waals surface area contributed by atoms with Gasteiger partial charge in [0.25, 0.3) is 5.82 Å². The summed E-state index contributed by atoms with van der Waals surface area (Å²) in [7, 11) is -3.60. The van der Waals surface area contributed by atoms with Crippen molar-refractivity contribution < 1.29 is 13.2 Å². The highest BCUT2D eigenvalue weighted by Crippen LogP contribution is 2.36. The van der Waals surface area contributed by atoms with Crippen LogP contribution >= 0.6 is 11.3 Å². The number of thiazole rings is 1. The van der Waals surface area contributed by atoms with E-state index >= 15 is 0 Å². The molecule has 0 amide bonds. The molecule has 0 saturated carbocycles. The summed E-state index contributed by atoms with van der Waals surface area (Å²) in [4.78, 5) is 23.4. The Morgan fingerprint density at radius 3 is 2.67 bits per heavy atom. The van der Waals surface area contributed by atoms with E-state index in [9.17, 15) is 8.42 Å². The molecular weight excluding hydrogens is 571 g/mol. The lowest BCUT2D eigenvalue weighted by molar-refractivity contribution is -0.0309. The maximum absolute atomic E-state index is 13.0. The van der Waals surface area contributed by atoms with Gasteiger partial charge in [0.05, 0.1) is 28.4 Å². The minimum absolute atomic E-state index is 0.164. The zero-order valence-corrected chi connectivity index (χ0v) is 25.1. The molecule has 1 aliphatic rings. The lowest BCUT2D eigenvalue weighted by Crippen LogP contribution is -2.19. The minimum Gasteiger partial charge on any atom is -0.361 e. The number of nitrogens with one attached hydrogen (secondary N) is 1. The second kappa shape index (κ2) is 11.2. The maximum Gasteiger partial charge on any atom is 0.269 e. The van der Waals surface area contributed by atoms with Gasteiger partial charge >= 0.3 is 0 Å². The number of fused-ring (bicyclic) bond motifs is 1. The minimum atomic E-state index is -3.60. The van der Waals surface area contributed by atoms with E-state index in [-0.39, 0.29) is 11.1 Å². The Morgan fingerprint density at radius 2 is 1.95 bits per heavy atom. The highest BCUT2D eigenvalue weighted by molar-refractivity contribution is 7.90. The highest BCUT2D eigenvalue weighted by atomic mass is 32.2. The molecule has 12 heteroatoms. The van der Waals surface area contributed by atoms with Crippen molar-refractivity contribution in [3.63, 3.8) is 0 Å². The Bertz CT molecular complexity index is 1950. The number of aromatic nitrogens is 5. The van der Waals surface area contributed by atoms with Crippen molar-refractivity contribution in [1.82, 2.24) is 24.5 Å². The number of imidazole rings is 1. The van der Waals surface area contributed by atoms with E-state index in [1.165, 1.54) is 17.6 Å². The van der Waals surface area contributed by atoms with Crippen LogP contribution in [0.3, 0.4) is 0 Å². The SMILES string of the molecule is [C-]#[N+]c1cccc(Cc2cc(Nc3ccc(-c4ncc(C)s4)cc3S(C)(=O)=O)c3nc(C)n(C4CCCCO4)c3n2)n1. The van der Waals surface area contributed by atoms with Crippen LogP contribution in [0.4, 0.5) is 17.2 Å². The van der Waals surface area contributed by atoms with Crippen molar-refractivity contribution in [3.05, 3.63) is 82.2 Å². The molecule has 1 saturated heterocycles. The Morgan fingerprint density at radius 1 is 1.10 bits per heavy atom. The number of rotatable bonds is 7. The van der Waals surface area contributed by atoms with Crippen molar-refractivity contribution >= 4 is 49.5 Å². The number of pyridine rings is 2. The maximum atomic E-state index is 13.0. The normalized spacial score (nSPS) is 15.5. The molecule has 0 aliphatic carbocycles. The summed E-state index contributed by atoms with van der Waals surface area (Å²) in [6, 6.07) is 12.5. The number of hydrogen-bond donors (Lipinski definition) is 1. The molecular formula is C30H29N7O3S2. The van der Waals surface area contributed by atoms with Gasteiger partial charge in [-0.25, -0.2) is 23.4 Å². The largest absolute Gasteiger partial charge is 0.361 e. The fraction of sp³-hybridized carbons (Fsp3) is 0.300. The molecule has 10 nitrogen and oxygen atoms in total. The molecule has 42 heavy (non-hydrogen) atoms. The Kier molecular flexibility index (Phi) is 7.49. The Labute approximate surface area is 248 Å². The molecule has 5 heterocycles. The van der Waals surface area contributed by atoms with E-state index in [0.29, 0.717) is 52.8 Å². The van der Waals surface area contributed by atoms with Gasteiger partial charge in [0.15, 0.2) is 15.5 Å². The molecule has 0 spiro atoms. The number of sulfone groups is 1. The third-order valence-corrected chi connectivity index (χ3v) is 9.21. The quantitative estimate of drug-likeness (QED) is 0.209. The zero-order valence-electron chi connectivity index (χ0n) is 23.5. The van der Waals surface area contributed by atoms with Gasteiger partial charge in [-0.05, 0) is 69.5 Å². The molecule has 1 aliphatic heterocycles. The van der Waals surface area contributed by atoms with Crippen molar-refractivity contribution in [1.29, 1.82) is 0 Å². The Balaban J connectivity index is 1.48. The number of anilines is 2. The number of nitrogens with zero attached hydrogens (tertiary/aromatic N) is 6. The van der Waals surface area contributed by atoms with Crippen LogP contribution in [0.5, 0.6) is 0 Å². The van der Waals surface area contributed by atoms with E-state index in [2.05, 4.69) is 20.1 Å². The predicted molar refractivity (Wildman–Crippen MR) is 163 cm³/mol. The van der Waals surface area contributed by atoms with Crippen molar-refractivity contribution in [3.8, 4) is 10.6 Å². The fourth-order valence-corrected chi connectivity index (χ4v) is 6.81. The van der Waals surface area contributed by atoms with Gasteiger partial charge in [0.1, 0.15) is 28.3 Å². The van der Waals surface area contributed by atoms with Crippen LogP contribution in [0.15, 0.2) is 53.6 Å². The molecule has 6 rings (SSSR count). The first-order valence-corrected chi connectivity index (χ1v) is 16.3. The first-order chi connectivity index (χ1) is 20.2. The summed E-state index contributed by atoms with van der Waals surface area (Å²) in [5.41, 5.74) is 4.47.